The summed E-state index contributed by atoms with van der Waals surface area (Å²) in [7, 11) is 0. The van der Waals surface area contributed by atoms with Crippen LogP contribution < -0.4 is 0 Å². The number of rotatable bonds is 5. The first-order valence-electron chi connectivity index (χ1n) is 18.0. The highest BCUT2D eigenvalue weighted by Gasteiger charge is 2.35. The average Bonchev–Trinajstić information content (AvgIpc) is 3.70. The van der Waals surface area contributed by atoms with Gasteiger partial charge in [0.15, 0.2) is 17.5 Å². The van der Waals surface area contributed by atoms with Gasteiger partial charge in [-0.1, -0.05) is 135 Å². The van der Waals surface area contributed by atoms with Gasteiger partial charge >= 0.3 is 0 Å². The summed E-state index contributed by atoms with van der Waals surface area (Å²) in [5, 5.41) is 2.11. The second kappa shape index (κ2) is 11.9. The Kier molecular flexibility index (Phi) is 6.94. The molecule has 2 aliphatic carbocycles. The molecule has 2 aromatic heterocycles. The number of aromatic nitrogens is 3. The molecule has 0 aliphatic heterocycles. The molecule has 4 nitrogen and oxygen atoms in total. The molecule has 0 saturated carbocycles. The van der Waals surface area contributed by atoms with E-state index in [-0.39, 0.29) is 5.41 Å². The molecular formula is C48H35N3O. The van der Waals surface area contributed by atoms with Gasteiger partial charge in [0.1, 0.15) is 11.2 Å². The van der Waals surface area contributed by atoms with Gasteiger partial charge in [-0.2, -0.15) is 0 Å². The second-order valence-electron chi connectivity index (χ2n) is 14.3. The quantitative estimate of drug-likeness (QED) is 0.183. The molecule has 2 heterocycles. The van der Waals surface area contributed by atoms with Crippen molar-refractivity contribution >= 4 is 27.5 Å². The molecule has 0 radical (unpaired) electrons. The number of para-hydroxylation sites is 2. The molecule has 0 fully saturated rings. The number of hydrogen-bond acceptors (Lipinski definition) is 4. The van der Waals surface area contributed by atoms with E-state index in [1.54, 1.807) is 0 Å². The van der Waals surface area contributed by atoms with Gasteiger partial charge in [0.25, 0.3) is 0 Å². The molecule has 0 spiro atoms. The third-order valence-corrected chi connectivity index (χ3v) is 10.9. The van der Waals surface area contributed by atoms with E-state index in [1.807, 2.05) is 18.2 Å². The summed E-state index contributed by atoms with van der Waals surface area (Å²) in [6.45, 7) is 4.61. The predicted molar refractivity (Wildman–Crippen MR) is 213 cm³/mol. The van der Waals surface area contributed by atoms with Crippen LogP contribution in [0.1, 0.15) is 43.4 Å². The Morgan fingerprint density at radius 3 is 2.08 bits per heavy atom. The molecule has 4 heteroatoms. The van der Waals surface area contributed by atoms with Gasteiger partial charge in [0.05, 0.1) is 5.56 Å². The van der Waals surface area contributed by atoms with Crippen molar-refractivity contribution in [2.45, 2.75) is 32.1 Å². The van der Waals surface area contributed by atoms with Crippen molar-refractivity contribution in [1.82, 2.24) is 15.0 Å². The highest BCUT2D eigenvalue weighted by Crippen LogP contribution is 2.49. The van der Waals surface area contributed by atoms with Crippen LogP contribution >= 0.6 is 0 Å². The van der Waals surface area contributed by atoms with E-state index < -0.39 is 0 Å². The van der Waals surface area contributed by atoms with Crippen LogP contribution in [0.25, 0.3) is 83.9 Å². The van der Waals surface area contributed by atoms with E-state index in [0.29, 0.717) is 17.5 Å². The highest BCUT2D eigenvalue weighted by molar-refractivity contribution is 6.09. The second-order valence-corrected chi connectivity index (χ2v) is 14.3. The third-order valence-electron chi connectivity index (χ3n) is 10.9. The van der Waals surface area contributed by atoms with E-state index in [9.17, 15) is 0 Å². The van der Waals surface area contributed by atoms with Gasteiger partial charge in [-0.05, 0) is 87.7 Å². The zero-order chi connectivity index (χ0) is 34.8. The SMILES string of the molecule is CC1(C)c2ccccc2-c2ccc(-c3nc(-c4ccc(C5=CC=CCC5)cc4-c4ccccc4)nc(-c4cccc5c4oc4ccccc45)n3)cc21. The highest BCUT2D eigenvalue weighted by atomic mass is 16.3. The summed E-state index contributed by atoms with van der Waals surface area (Å²) in [4.78, 5) is 15.8. The van der Waals surface area contributed by atoms with Gasteiger partial charge < -0.3 is 4.42 Å². The van der Waals surface area contributed by atoms with Crippen LogP contribution in [-0.2, 0) is 5.41 Å². The third kappa shape index (κ3) is 4.86. The van der Waals surface area contributed by atoms with Crippen LogP contribution in [0.2, 0.25) is 0 Å². The summed E-state index contributed by atoms with van der Waals surface area (Å²) in [5.41, 5.74) is 14.1. The molecular weight excluding hydrogens is 635 g/mol. The smallest absolute Gasteiger partial charge is 0.167 e. The first-order valence-corrected chi connectivity index (χ1v) is 18.0. The lowest BCUT2D eigenvalue weighted by Crippen LogP contribution is -2.15. The fraction of sp³-hybridized carbons (Fsp3) is 0.104. The molecule has 10 rings (SSSR count). The lowest BCUT2D eigenvalue weighted by atomic mass is 9.82. The molecule has 0 saturated heterocycles. The first kappa shape index (κ1) is 30.4. The van der Waals surface area contributed by atoms with Crippen LogP contribution in [-0.4, -0.2) is 15.0 Å². The molecule has 0 atom stereocenters. The molecule has 6 aromatic carbocycles. The lowest BCUT2D eigenvalue weighted by molar-refractivity contribution is 0.660. The van der Waals surface area contributed by atoms with Gasteiger partial charge in [0.2, 0.25) is 0 Å². The fourth-order valence-electron chi connectivity index (χ4n) is 8.15. The number of hydrogen-bond donors (Lipinski definition) is 0. The standard InChI is InChI=1S/C48H35N3O/c1-48(2)41-22-11-9-18-34(41)35-26-25-33(29-42(35)48)45-49-46(51-47(50-45)39-21-13-20-37-36-19-10-12-23-43(36)52-44(37)39)38-27-24-32(30-14-5-3-6-15-30)28-40(38)31-16-7-4-8-17-31/h3-5,7-14,16-29H,6,15H2,1-2H3. The van der Waals surface area contributed by atoms with Crippen LogP contribution in [0.3, 0.4) is 0 Å². The summed E-state index contributed by atoms with van der Waals surface area (Å²) in [5.74, 6) is 1.83. The zero-order valence-corrected chi connectivity index (χ0v) is 29.1. The first-order chi connectivity index (χ1) is 25.5. The fourth-order valence-corrected chi connectivity index (χ4v) is 8.15. The van der Waals surface area contributed by atoms with Crippen LogP contribution in [0.5, 0.6) is 0 Å². The predicted octanol–water partition coefficient (Wildman–Crippen LogP) is 12.5. The van der Waals surface area contributed by atoms with Gasteiger partial charge in [-0.3, -0.25) is 0 Å². The van der Waals surface area contributed by atoms with Crippen molar-refractivity contribution in [3.8, 4) is 56.4 Å². The summed E-state index contributed by atoms with van der Waals surface area (Å²) in [6, 6.07) is 47.1. The number of nitrogens with zero attached hydrogens (tertiary/aromatic N) is 3. The van der Waals surface area contributed by atoms with Crippen molar-refractivity contribution in [3.63, 3.8) is 0 Å². The van der Waals surface area contributed by atoms with E-state index >= 15 is 0 Å². The molecule has 0 bridgehead atoms. The summed E-state index contributed by atoms with van der Waals surface area (Å²) in [6.07, 6.45) is 8.68. The molecule has 2 aliphatic rings. The van der Waals surface area contributed by atoms with Crippen molar-refractivity contribution in [1.29, 1.82) is 0 Å². The maximum atomic E-state index is 6.52. The molecule has 0 unspecified atom stereocenters. The Labute approximate surface area is 302 Å². The number of benzene rings is 6. The van der Waals surface area contributed by atoms with Crippen molar-refractivity contribution in [2.24, 2.45) is 0 Å². The minimum absolute atomic E-state index is 0.153. The maximum absolute atomic E-state index is 6.52. The van der Waals surface area contributed by atoms with E-state index in [0.717, 1.165) is 62.6 Å². The van der Waals surface area contributed by atoms with Crippen LogP contribution in [0.4, 0.5) is 0 Å². The minimum atomic E-state index is -0.153. The van der Waals surface area contributed by atoms with E-state index in [4.69, 9.17) is 19.4 Å². The van der Waals surface area contributed by atoms with Crippen molar-refractivity contribution in [2.75, 3.05) is 0 Å². The largest absolute Gasteiger partial charge is 0.455 e. The van der Waals surface area contributed by atoms with Gasteiger partial charge in [-0.15, -0.1) is 0 Å². The Morgan fingerprint density at radius 2 is 1.21 bits per heavy atom. The zero-order valence-electron chi connectivity index (χ0n) is 29.1. The molecule has 8 aromatic rings. The number of fused-ring (bicyclic) bond motifs is 6. The lowest BCUT2D eigenvalue weighted by Gasteiger charge is -2.22. The van der Waals surface area contributed by atoms with E-state index in [1.165, 1.54) is 33.4 Å². The Morgan fingerprint density at radius 1 is 0.519 bits per heavy atom. The molecule has 52 heavy (non-hydrogen) atoms. The monoisotopic (exact) mass is 669 g/mol. The van der Waals surface area contributed by atoms with Gasteiger partial charge in [-0.25, -0.2) is 15.0 Å². The van der Waals surface area contributed by atoms with Gasteiger partial charge in [0, 0.05) is 27.3 Å². The Hall–Kier alpha value is -6.39. The van der Waals surface area contributed by atoms with E-state index in [2.05, 4.69) is 147 Å². The Bertz CT molecular complexity index is 2770. The molecule has 248 valence electrons. The minimum Gasteiger partial charge on any atom is -0.455 e. The summed E-state index contributed by atoms with van der Waals surface area (Å²) >= 11 is 0. The Balaban J connectivity index is 1.22. The normalized spacial score (nSPS) is 14.4. The molecule has 0 amide bonds. The molecule has 0 N–H and O–H groups in total. The summed E-state index contributed by atoms with van der Waals surface area (Å²) < 4.78 is 6.52. The number of furan rings is 1. The average molecular weight is 670 g/mol. The van der Waals surface area contributed by atoms with Crippen molar-refractivity contribution < 1.29 is 4.42 Å². The van der Waals surface area contributed by atoms with Crippen LogP contribution in [0.15, 0.2) is 156 Å². The van der Waals surface area contributed by atoms with Crippen LogP contribution in [0, 0.1) is 0 Å². The maximum Gasteiger partial charge on any atom is 0.167 e. The topological polar surface area (TPSA) is 51.8 Å². The number of allylic oxidation sites excluding steroid dienone is 4. The van der Waals surface area contributed by atoms with Crippen molar-refractivity contribution in [3.05, 3.63) is 168 Å².